The number of hydrogen-bond donors (Lipinski definition) is 1. The van der Waals surface area contributed by atoms with Gasteiger partial charge in [-0.25, -0.2) is 0 Å². The zero-order chi connectivity index (χ0) is 17.9. The predicted molar refractivity (Wildman–Crippen MR) is 104 cm³/mol. The summed E-state index contributed by atoms with van der Waals surface area (Å²) in [5, 5.41) is 4.48. The Morgan fingerprint density at radius 3 is 2.81 bits per heavy atom. The first kappa shape index (κ1) is 16.7. The summed E-state index contributed by atoms with van der Waals surface area (Å²) in [4.78, 5) is 18.9. The molecule has 1 fully saturated rings. The van der Waals surface area contributed by atoms with E-state index in [1.54, 1.807) is 11.1 Å². The highest BCUT2D eigenvalue weighted by atomic mass is 16.2. The van der Waals surface area contributed by atoms with Crippen LogP contribution >= 0.6 is 0 Å². The molecule has 1 aromatic heterocycles. The van der Waals surface area contributed by atoms with Gasteiger partial charge in [-0.2, -0.15) is 0 Å². The molecule has 0 unspecified atom stereocenters. The van der Waals surface area contributed by atoms with Crippen molar-refractivity contribution in [3.8, 4) is 0 Å². The Hall–Kier alpha value is -2.72. The predicted octanol–water partition coefficient (Wildman–Crippen LogP) is 3.58. The first-order valence-electron chi connectivity index (χ1n) is 9.10. The van der Waals surface area contributed by atoms with Gasteiger partial charge < -0.3 is 10.2 Å². The van der Waals surface area contributed by atoms with E-state index in [-0.39, 0.29) is 5.91 Å². The molecule has 26 heavy (non-hydrogen) atoms. The Kier molecular flexibility index (Phi) is 4.67. The van der Waals surface area contributed by atoms with E-state index in [9.17, 15) is 4.79 Å². The second-order valence-electron chi connectivity index (χ2n) is 7.00. The molecule has 0 aliphatic carbocycles. The van der Waals surface area contributed by atoms with Crippen molar-refractivity contribution in [1.82, 2.24) is 15.2 Å². The molecule has 1 saturated heterocycles. The van der Waals surface area contributed by atoms with Crippen LogP contribution in [-0.2, 0) is 6.54 Å². The van der Waals surface area contributed by atoms with Crippen LogP contribution in [0.1, 0.15) is 33.8 Å². The lowest BCUT2D eigenvalue weighted by Crippen LogP contribution is -2.26. The number of pyridine rings is 1. The van der Waals surface area contributed by atoms with E-state index >= 15 is 0 Å². The molecule has 2 aromatic carbocycles. The Morgan fingerprint density at radius 1 is 1.19 bits per heavy atom. The monoisotopic (exact) mass is 345 g/mol. The summed E-state index contributed by atoms with van der Waals surface area (Å²) < 4.78 is 0. The second-order valence-corrected chi connectivity index (χ2v) is 7.00. The van der Waals surface area contributed by atoms with Crippen LogP contribution in [-0.4, -0.2) is 35.9 Å². The van der Waals surface area contributed by atoms with Gasteiger partial charge in [-0.15, -0.1) is 0 Å². The van der Waals surface area contributed by atoms with Crippen molar-refractivity contribution in [3.05, 3.63) is 77.5 Å². The molecule has 4 heteroatoms. The van der Waals surface area contributed by atoms with E-state index in [0.717, 1.165) is 35.1 Å². The maximum Gasteiger partial charge on any atom is 0.253 e. The first-order chi connectivity index (χ1) is 12.7. The molecule has 4 rings (SSSR count). The van der Waals surface area contributed by atoms with Crippen LogP contribution in [0.4, 0.5) is 0 Å². The largest absolute Gasteiger partial charge is 0.337 e. The maximum atomic E-state index is 12.7. The lowest BCUT2D eigenvalue weighted by Gasteiger charge is -2.18. The standard InChI is InChI=1S/C22H23N3O/c1-25(15-16-4-9-21-19(13-16)3-2-11-24-21)22(26)18-7-5-17(6-8-18)20-10-12-23-14-20/h2-9,11,13,20,23H,10,12,14-15H2,1H3/t20-/m1/s1. The van der Waals surface area contributed by atoms with Crippen molar-refractivity contribution in [2.75, 3.05) is 20.1 Å². The van der Waals surface area contributed by atoms with Gasteiger partial charge in [0.25, 0.3) is 5.91 Å². The zero-order valence-corrected chi connectivity index (χ0v) is 15.0. The van der Waals surface area contributed by atoms with E-state index in [4.69, 9.17) is 0 Å². The van der Waals surface area contributed by atoms with Gasteiger partial charge in [-0.3, -0.25) is 9.78 Å². The molecule has 2 heterocycles. The average molecular weight is 345 g/mol. The number of nitrogens with one attached hydrogen (secondary N) is 1. The maximum absolute atomic E-state index is 12.7. The fourth-order valence-corrected chi connectivity index (χ4v) is 3.63. The highest BCUT2D eigenvalue weighted by Gasteiger charge is 2.18. The third-order valence-corrected chi connectivity index (χ3v) is 5.12. The molecule has 132 valence electrons. The number of nitrogens with zero attached hydrogens (tertiary/aromatic N) is 2. The number of carbonyl (C=O) groups is 1. The summed E-state index contributed by atoms with van der Waals surface area (Å²) in [5.74, 6) is 0.621. The van der Waals surface area contributed by atoms with Crippen molar-refractivity contribution < 1.29 is 4.79 Å². The van der Waals surface area contributed by atoms with Crippen LogP contribution in [0, 0.1) is 0 Å². The fourth-order valence-electron chi connectivity index (χ4n) is 3.63. The van der Waals surface area contributed by atoms with E-state index in [0.29, 0.717) is 12.5 Å². The van der Waals surface area contributed by atoms with Crippen molar-refractivity contribution in [1.29, 1.82) is 0 Å². The lowest BCUT2D eigenvalue weighted by atomic mass is 9.97. The average Bonchev–Trinajstić information content (AvgIpc) is 3.22. The van der Waals surface area contributed by atoms with E-state index < -0.39 is 0 Å². The van der Waals surface area contributed by atoms with Crippen LogP contribution in [0.15, 0.2) is 60.8 Å². The highest BCUT2D eigenvalue weighted by molar-refractivity contribution is 5.94. The zero-order valence-electron chi connectivity index (χ0n) is 15.0. The number of amides is 1. The molecule has 0 spiro atoms. The van der Waals surface area contributed by atoms with Gasteiger partial charge in [0, 0.05) is 37.3 Å². The van der Waals surface area contributed by atoms with Crippen LogP contribution in [0.2, 0.25) is 0 Å². The summed E-state index contributed by atoms with van der Waals surface area (Å²) >= 11 is 0. The third kappa shape index (κ3) is 3.46. The lowest BCUT2D eigenvalue weighted by molar-refractivity contribution is 0.0785. The molecule has 0 saturated carbocycles. The Balaban J connectivity index is 1.46. The topological polar surface area (TPSA) is 45.2 Å². The smallest absolute Gasteiger partial charge is 0.253 e. The molecular weight excluding hydrogens is 322 g/mol. The van der Waals surface area contributed by atoms with E-state index in [1.807, 2.05) is 43.4 Å². The molecule has 3 aromatic rings. The molecule has 1 aliphatic rings. The van der Waals surface area contributed by atoms with E-state index in [1.165, 1.54) is 12.0 Å². The van der Waals surface area contributed by atoms with Crippen LogP contribution in [0.25, 0.3) is 10.9 Å². The molecule has 4 nitrogen and oxygen atoms in total. The number of carbonyl (C=O) groups excluding carboxylic acids is 1. The molecular formula is C22H23N3O. The normalized spacial score (nSPS) is 16.7. The first-order valence-corrected chi connectivity index (χ1v) is 9.10. The number of aromatic nitrogens is 1. The molecule has 1 N–H and O–H groups in total. The Morgan fingerprint density at radius 2 is 2.04 bits per heavy atom. The molecule has 0 bridgehead atoms. The molecule has 1 amide bonds. The number of benzene rings is 2. The Labute approximate surface area is 153 Å². The third-order valence-electron chi connectivity index (χ3n) is 5.12. The molecule has 0 radical (unpaired) electrons. The van der Waals surface area contributed by atoms with Gasteiger partial charge in [0.15, 0.2) is 0 Å². The Bertz CT molecular complexity index is 914. The van der Waals surface area contributed by atoms with Crippen LogP contribution in [0.5, 0.6) is 0 Å². The summed E-state index contributed by atoms with van der Waals surface area (Å²) in [6.45, 7) is 2.69. The van der Waals surface area contributed by atoms with Crippen LogP contribution < -0.4 is 5.32 Å². The van der Waals surface area contributed by atoms with Gasteiger partial charge in [0.2, 0.25) is 0 Å². The van der Waals surface area contributed by atoms with Crippen molar-refractivity contribution in [2.24, 2.45) is 0 Å². The van der Waals surface area contributed by atoms with Crippen molar-refractivity contribution >= 4 is 16.8 Å². The molecule has 1 aliphatic heterocycles. The van der Waals surface area contributed by atoms with Gasteiger partial charge >= 0.3 is 0 Å². The summed E-state index contributed by atoms with van der Waals surface area (Å²) in [7, 11) is 1.85. The fraction of sp³-hybridized carbons (Fsp3) is 0.273. The SMILES string of the molecule is CN(Cc1ccc2ncccc2c1)C(=O)c1ccc([C@@H]2CCNC2)cc1. The number of hydrogen-bond acceptors (Lipinski definition) is 3. The summed E-state index contributed by atoms with van der Waals surface area (Å²) in [6.07, 6.45) is 2.97. The van der Waals surface area contributed by atoms with Gasteiger partial charge in [-0.1, -0.05) is 24.3 Å². The van der Waals surface area contributed by atoms with Crippen LogP contribution in [0.3, 0.4) is 0 Å². The minimum absolute atomic E-state index is 0.0485. The minimum Gasteiger partial charge on any atom is -0.337 e. The van der Waals surface area contributed by atoms with Crippen molar-refractivity contribution in [2.45, 2.75) is 18.9 Å². The van der Waals surface area contributed by atoms with Gasteiger partial charge in [-0.05, 0) is 60.3 Å². The quantitative estimate of drug-likeness (QED) is 0.786. The number of rotatable bonds is 4. The van der Waals surface area contributed by atoms with Crippen molar-refractivity contribution in [3.63, 3.8) is 0 Å². The van der Waals surface area contributed by atoms with Gasteiger partial charge in [0.1, 0.15) is 0 Å². The second kappa shape index (κ2) is 7.26. The highest BCUT2D eigenvalue weighted by Crippen LogP contribution is 2.23. The number of fused-ring (bicyclic) bond motifs is 1. The summed E-state index contributed by atoms with van der Waals surface area (Å²) in [5.41, 5.74) is 4.14. The van der Waals surface area contributed by atoms with E-state index in [2.05, 4.69) is 28.5 Å². The molecule has 1 atom stereocenters. The minimum atomic E-state index is 0.0485. The summed E-state index contributed by atoms with van der Waals surface area (Å²) in [6, 6.07) is 18.2. The van der Waals surface area contributed by atoms with Gasteiger partial charge in [0.05, 0.1) is 5.52 Å².